The van der Waals surface area contributed by atoms with E-state index in [2.05, 4.69) is 0 Å². The molecule has 0 heterocycles. The van der Waals surface area contributed by atoms with Crippen LogP contribution in [0.25, 0.3) is 0 Å². The van der Waals surface area contributed by atoms with Gasteiger partial charge < -0.3 is 10.3 Å². The van der Waals surface area contributed by atoms with Crippen LogP contribution in [0.3, 0.4) is 0 Å². The fourth-order valence-electron chi connectivity index (χ4n) is 0.634. The van der Waals surface area contributed by atoms with Gasteiger partial charge in [-0.2, -0.15) is 0 Å². The van der Waals surface area contributed by atoms with Crippen molar-refractivity contribution in [2.75, 3.05) is 5.73 Å². The van der Waals surface area contributed by atoms with Crippen molar-refractivity contribution in [1.29, 1.82) is 0 Å². The molecule has 0 aliphatic carbocycles. The molecule has 1 rings (SSSR count). The van der Waals surface area contributed by atoms with E-state index in [4.69, 9.17) is 5.73 Å². The average molecular weight is 211 g/mol. The Labute approximate surface area is 113 Å². The minimum atomic E-state index is -4.33. The molecule has 2 N–H and O–H groups in total. The van der Waals surface area contributed by atoms with Crippen molar-refractivity contribution in [3.05, 3.63) is 24.3 Å². The van der Waals surface area contributed by atoms with Crippen LogP contribution in [0.4, 0.5) is 5.69 Å². The van der Waals surface area contributed by atoms with Crippen molar-refractivity contribution < 1.29 is 64.4 Å². The van der Waals surface area contributed by atoms with Gasteiger partial charge in [0.25, 0.3) is 0 Å². The van der Waals surface area contributed by atoms with Gasteiger partial charge in [-0.05, 0) is 24.3 Å². The van der Waals surface area contributed by atoms with E-state index in [9.17, 15) is 13.0 Å². The van der Waals surface area contributed by atoms with Crippen molar-refractivity contribution in [3.63, 3.8) is 0 Å². The summed E-state index contributed by atoms with van der Waals surface area (Å²) in [5.74, 6) is 0. The second kappa shape index (κ2) is 4.71. The van der Waals surface area contributed by atoms with Gasteiger partial charge in [-0.25, -0.2) is 8.42 Å². The first-order valence-corrected chi connectivity index (χ1v) is 4.22. The zero-order chi connectivity index (χ0) is 8.48. The van der Waals surface area contributed by atoms with Crippen LogP contribution in [0.5, 0.6) is 0 Å². The summed E-state index contributed by atoms with van der Waals surface area (Å²) < 4.78 is 31.0. The molecule has 60 valence electrons. The predicted octanol–water partition coefficient (Wildman–Crippen LogP) is -2.82. The first kappa shape index (κ1) is 12.6. The van der Waals surface area contributed by atoms with Gasteiger partial charge in [0.05, 0.1) is 4.90 Å². The molecule has 6 heteroatoms. The van der Waals surface area contributed by atoms with E-state index in [1.165, 1.54) is 24.3 Å². The standard InChI is InChI=1S/C6H7NO3S.K/c7-5-1-3-6(4-2-5)11(8,9)10;/h1-4H,7H2,(H,8,9,10);/q;+1/p-1. The number of benzene rings is 1. The van der Waals surface area contributed by atoms with Crippen LogP contribution in [0.2, 0.25) is 0 Å². The molecule has 0 spiro atoms. The summed E-state index contributed by atoms with van der Waals surface area (Å²) in [6.07, 6.45) is 0. The first-order chi connectivity index (χ1) is 5.00. The number of nitrogen functional groups attached to an aromatic ring is 1. The normalized spacial score (nSPS) is 10.4. The maximum absolute atomic E-state index is 10.3. The minimum absolute atomic E-state index is 0. The van der Waals surface area contributed by atoms with Crippen molar-refractivity contribution in [1.82, 2.24) is 0 Å². The summed E-state index contributed by atoms with van der Waals surface area (Å²) in [7, 11) is -4.33. The molecule has 0 unspecified atom stereocenters. The van der Waals surface area contributed by atoms with Gasteiger partial charge in [-0.1, -0.05) is 0 Å². The molecule has 1 aromatic rings. The van der Waals surface area contributed by atoms with Crippen molar-refractivity contribution in [2.24, 2.45) is 0 Å². The molecular formula is C6H6KNO3S. The zero-order valence-electron chi connectivity index (χ0n) is 6.52. The number of nitrogens with two attached hydrogens (primary N) is 1. The molecular weight excluding hydrogens is 205 g/mol. The molecule has 0 aliphatic heterocycles. The molecule has 0 saturated heterocycles. The van der Waals surface area contributed by atoms with E-state index < -0.39 is 10.1 Å². The van der Waals surface area contributed by atoms with Crippen LogP contribution in [-0.2, 0) is 10.1 Å². The second-order valence-corrected chi connectivity index (χ2v) is 3.40. The second-order valence-electron chi connectivity index (χ2n) is 2.02. The van der Waals surface area contributed by atoms with Gasteiger partial charge in [-0.3, -0.25) is 0 Å². The topological polar surface area (TPSA) is 83.2 Å². The molecule has 4 nitrogen and oxygen atoms in total. The van der Waals surface area contributed by atoms with Crippen LogP contribution in [-0.4, -0.2) is 13.0 Å². The average Bonchev–Trinajstić information content (AvgIpc) is 1.86. The smallest absolute Gasteiger partial charge is 0.744 e. The fourth-order valence-corrected chi connectivity index (χ4v) is 1.10. The summed E-state index contributed by atoms with van der Waals surface area (Å²) >= 11 is 0. The van der Waals surface area contributed by atoms with Crippen LogP contribution < -0.4 is 57.1 Å². The Kier molecular flexibility index (Phi) is 4.93. The Morgan fingerprint density at radius 3 is 1.92 bits per heavy atom. The number of hydrogen-bond acceptors (Lipinski definition) is 4. The van der Waals surface area contributed by atoms with E-state index in [-0.39, 0.29) is 56.3 Å². The maximum Gasteiger partial charge on any atom is 1.00 e. The minimum Gasteiger partial charge on any atom is -0.744 e. The molecule has 0 saturated carbocycles. The van der Waals surface area contributed by atoms with E-state index in [1.54, 1.807) is 0 Å². The van der Waals surface area contributed by atoms with Gasteiger partial charge in [0.2, 0.25) is 0 Å². The molecule has 1 aromatic carbocycles. The third-order valence-electron chi connectivity index (χ3n) is 1.17. The first-order valence-electron chi connectivity index (χ1n) is 2.81. The number of hydrogen-bond donors (Lipinski definition) is 1. The Bertz CT molecular complexity index is 346. The molecule has 0 bridgehead atoms. The molecule has 0 aliphatic rings. The maximum atomic E-state index is 10.3. The number of anilines is 1. The summed E-state index contributed by atoms with van der Waals surface area (Å²) in [6.45, 7) is 0. The Balaban J connectivity index is 0.00000121. The predicted molar refractivity (Wildman–Crippen MR) is 38.8 cm³/mol. The quantitative estimate of drug-likeness (QED) is 0.308. The SMILES string of the molecule is Nc1ccc(S(=O)(=O)[O-])cc1.[K+]. The van der Waals surface area contributed by atoms with Gasteiger partial charge >= 0.3 is 51.4 Å². The number of rotatable bonds is 1. The van der Waals surface area contributed by atoms with Crippen LogP contribution in [0, 0.1) is 0 Å². The third-order valence-corrected chi connectivity index (χ3v) is 2.02. The van der Waals surface area contributed by atoms with Gasteiger partial charge in [0, 0.05) is 5.69 Å². The molecule has 0 amide bonds. The van der Waals surface area contributed by atoms with Gasteiger partial charge in [-0.15, -0.1) is 0 Å². The van der Waals surface area contributed by atoms with Crippen molar-refractivity contribution in [2.45, 2.75) is 4.90 Å². The van der Waals surface area contributed by atoms with Crippen LogP contribution in [0.15, 0.2) is 29.2 Å². The molecule has 0 aromatic heterocycles. The van der Waals surface area contributed by atoms with E-state index in [0.717, 1.165) is 0 Å². The van der Waals surface area contributed by atoms with E-state index in [1.807, 2.05) is 0 Å². The van der Waals surface area contributed by atoms with Crippen molar-refractivity contribution >= 4 is 15.8 Å². The zero-order valence-corrected chi connectivity index (χ0v) is 10.5. The largest absolute Gasteiger partial charge is 1.00 e. The summed E-state index contributed by atoms with van der Waals surface area (Å²) in [5.41, 5.74) is 5.70. The third kappa shape index (κ3) is 3.52. The van der Waals surface area contributed by atoms with Gasteiger partial charge in [0.15, 0.2) is 0 Å². The molecule has 12 heavy (non-hydrogen) atoms. The van der Waals surface area contributed by atoms with E-state index >= 15 is 0 Å². The fraction of sp³-hybridized carbons (Fsp3) is 0. The molecule has 0 radical (unpaired) electrons. The van der Waals surface area contributed by atoms with Crippen LogP contribution in [0.1, 0.15) is 0 Å². The van der Waals surface area contributed by atoms with Crippen molar-refractivity contribution in [3.8, 4) is 0 Å². The molecule has 0 atom stereocenters. The Morgan fingerprint density at radius 1 is 1.17 bits per heavy atom. The van der Waals surface area contributed by atoms with Gasteiger partial charge in [0.1, 0.15) is 10.1 Å². The van der Waals surface area contributed by atoms with Crippen LogP contribution >= 0.6 is 0 Å². The van der Waals surface area contributed by atoms with E-state index in [0.29, 0.717) is 5.69 Å². The summed E-state index contributed by atoms with van der Waals surface area (Å²) in [4.78, 5) is -0.258. The Morgan fingerprint density at radius 2 is 1.58 bits per heavy atom. The summed E-state index contributed by atoms with van der Waals surface area (Å²) in [6, 6.07) is 5.09. The Hall–Kier alpha value is 0.566. The molecule has 0 fully saturated rings. The summed E-state index contributed by atoms with van der Waals surface area (Å²) in [5, 5.41) is 0. The monoisotopic (exact) mass is 211 g/mol.